The maximum Gasteiger partial charge on any atom is 0.273 e. The molecule has 0 radical (unpaired) electrons. The van der Waals surface area contributed by atoms with Crippen molar-refractivity contribution in [1.82, 2.24) is 9.88 Å². The van der Waals surface area contributed by atoms with Crippen LogP contribution in [-0.4, -0.2) is 43.4 Å². The van der Waals surface area contributed by atoms with Crippen molar-refractivity contribution in [3.63, 3.8) is 0 Å². The van der Waals surface area contributed by atoms with Crippen molar-refractivity contribution >= 4 is 32.4 Å². The predicted octanol–water partition coefficient (Wildman–Crippen LogP) is 3.77. The minimum atomic E-state index is -3.74. The van der Waals surface area contributed by atoms with Crippen LogP contribution in [0.3, 0.4) is 0 Å². The lowest BCUT2D eigenvalue weighted by molar-refractivity contribution is -0.00686. The van der Waals surface area contributed by atoms with Crippen LogP contribution in [0.4, 0.5) is 5.13 Å². The molecule has 1 amide bonds. The highest BCUT2D eigenvalue weighted by Gasteiger charge is 2.27. The highest BCUT2D eigenvalue weighted by atomic mass is 32.2. The van der Waals surface area contributed by atoms with Crippen molar-refractivity contribution in [3.05, 3.63) is 77.3 Å². The SMILES string of the molecule is O=C(c1csc(NS(=O)(=O)c2ccccc2)n1)N1CCCC(OCc2ccccc2)C1. The second-order valence-electron chi connectivity index (χ2n) is 7.27. The summed E-state index contributed by atoms with van der Waals surface area (Å²) in [5.74, 6) is -0.213. The van der Waals surface area contributed by atoms with E-state index in [1.807, 2.05) is 30.3 Å². The average molecular weight is 458 g/mol. The maximum atomic E-state index is 12.9. The lowest BCUT2D eigenvalue weighted by Gasteiger charge is -2.32. The molecule has 1 N–H and O–H groups in total. The van der Waals surface area contributed by atoms with Crippen molar-refractivity contribution in [2.75, 3.05) is 17.8 Å². The lowest BCUT2D eigenvalue weighted by atomic mass is 10.1. The summed E-state index contributed by atoms with van der Waals surface area (Å²) in [4.78, 5) is 19.0. The molecule has 1 aromatic heterocycles. The van der Waals surface area contributed by atoms with Gasteiger partial charge in [-0.05, 0) is 30.5 Å². The third-order valence-corrected chi connectivity index (χ3v) is 7.23. The number of benzene rings is 2. The highest BCUT2D eigenvalue weighted by Crippen LogP contribution is 2.23. The summed E-state index contributed by atoms with van der Waals surface area (Å²) in [7, 11) is -3.74. The lowest BCUT2D eigenvalue weighted by Crippen LogP contribution is -2.43. The van der Waals surface area contributed by atoms with Crippen molar-refractivity contribution in [2.45, 2.75) is 30.4 Å². The first-order valence-corrected chi connectivity index (χ1v) is 12.4. The maximum absolute atomic E-state index is 12.9. The molecule has 1 saturated heterocycles. The quantitative estimate of drug-likeness (QED) is 0.584. The van der Waals surface area contributed by atoms with Gasteiger partial charge < -0.3 is 9.64 Å². The van der Waals surface area contributed by atoms with Gasteiger partial charge in [-0.15, -0.1) is 11.3 Å². The Morgan fingerprint density at radius 1 is 1.13 bits per heavy atom. The zero-order chi connectivity index (χ0) is 21.7. The molecule has 7 nitrogen and oxygen atoms in total. The largest absolute Gasteiger partial charge is 0.372 e. The molecule has 1 aliphatic rings. The summed E-state index contributed by atoms with van der Waals surface area (Å²) in [5, 5.41) is 1.75. The van der Waals surface area contributed by atoms with Gasteiger partial charge in [-0.2, -0.15) is 0 Å². The standard InChI is InChI=1S/C22H23N3O4S2/c26-21(25-13-7-10-18(14-25)29-15-17-8-3-1-4-9-17)20-16-30-22(23-20)24-31(27,28)19-11-5-2-6-12-19/h1-6,8-9,11-12,16,18H,7,10,13-15H2,(H,23,24). The van der Waals surface area contributed by atoms with Crippen molar-refractivity contribution < 1.29 is 17.9 Å². The molecule has 0 aliphatic carbocycles. The van der Waals surface area contributed by atoms with Gasteiger partial charge in [0.05, 0.1) is 17.6 Å². The van der Waals surface area contributed by atoms with Gasteiger partial charge in [-0.1, -0.05) is 48.5 Å². The van der Waals surface area contributed by atoms with Crippen LogP contribution >= 0.6 is 11.3 Å². The Balaban J connectivity index is 1.36. The van der Waals surface area contributed by atoms with E-state index in [1.54, 1.807) is 28.5 Å². The number of rotatable bonds is 7. The molecule has 0 spiro atoms. The third-order valence-electron chi connectivity index (χ3n) is 4.99. The Kier molecular flexibility index (Phi) is 6.64. The van der Waals surface area contributed by atoms with Crippen LogP contribution in [0.15, 0.2) is 70.9 Å². The second kappa shape index (κ2) is 9.59. The fourth-order valence-electron chi connectivity index (χ4n) is 3.40. The number of sulfonamides is 1. The van der Waals surface area contributed by atoms with E-state index in [0.717, 1.165) is 29.7 Å². The minimum absolute atomic E-state index is 0.0346. The Morgan fingerprint density at radius 2 is 1.84 bits per heavy atom. The Labute approximate surface area is 185 Å². The summed E-state index contributed by atoms with van der Waals surface area (Å²) in [6.07, 6.45) is 1.71. The monoisotopic (exact) mass is 457 g/mol. The van der Waals surface area contributed by atoms with Crippen molar-refractivity contribution in [2.24, 2.45) is 0 Å². The second-order valence-corrected chi connectivity index (χ2v) is 9.81. The molecule has 9 heteroatoms. The van der Waals surface area contributed by atoms with Crippen molar-refractivity contribution in [1.29, 1.82) is 0 Å². The molecule has 0 bridgehead atoms. The first-order valence-electron chi connectivity index (χ1n) is 9.99. The molecule has 3 aromatic rings. The normalized spacial score (nSPS) is 16.8. The molecule has 162 valence electrons. The predicted molar refractivity (Wildman–Crippen MR) is 120 cm³/mol. The number of piperidine rings is 1. The Bertz CT molecular complexity index is 1120. The van der Waals surface area contributed by atoms with Gasteiger partial charge >= 0.3 is 0 Å². The van der Waals surface area contributed by atoms with E-state index in [9.17, 15) is 13.2 Å². The zero-order valence-corrected chi connectivity index (χ0v) is 18.4. The van der Waals surface area contributed by atoms with E-state index in [4.69, 9.17) is 4.74 Å². The van der Waals surface area contributed by atoms with Crippen LogP contribution in [0.2, 0.25) is 0 Å². The van der Waals surface area contributed by atoms with E-state index in [2.05, 4.69) is 9.71 Å². The summed E-state index contributed by atoms with van der Waals surface area (Å²) in [5.41, 5.74) is 1.33. The topological polar surface area (TPSA) is 88.6 Å². The first kappa shape index (κ1) is 21.5. The molecule has 1 unspecified atom stereocenters. The van der Waals surface area contributed by atoms with Crippen LogP contribution < -0.4 is 4.72 Å². The van der Waals surface area contributed by atoms with Crippen molar-refractivity contribution in [3.8, 4) is 0 Å². The van der Waals surface area contributed by atoms with Gasteiger partial charge in [0.2, 0.25) is 0 Å². The Morgan fingerprint density at radius 3 is 2.58 bits per heavy atom. The number of aromatic nitrogens is 1. The molecule has 2 heterocycles. The number of anilines is 1. The summed E-state index contributed by atoms with van der Waals surface area (Å²) in [6, 6.07) is 18.0. The van der Waals surface area contributed by atoms with Gasteiger partial charge in [0.25, 0.3) is 15.9 Å². The first-order chi connectivity index (χ1) is 15.0. The van der Waals surface area contributed by atoms with Crippen LogP contribution in [0.1, 0.15) is 28.9 Å². The van der Waals surface area contributed by atoms with Crippen LogP contribution in [0.25, 0.3) is 0 Å². The number of ether oxygens (including phenoxy) is 1. The molecule has 1 fully saturated rings. The number of thiazole rings is 1. The van der Waals surface area contributed by atoms with Crippen LogP contribution in [0.5, 0.6) is 0 Å². The van der Waals surface area contributed by atoms with E-state index in [-0.39, 0.29) is 27.7 Å². The van der Waals surface area contributed by atoms with E-state index >= 15 is 0 Å². The minimum Gasteiger partial charge on any atom is -0.372 e. The highest BCUT2D eigenvalue weighted by molar-refractivity contribution is 7.93. The number of nitrogens with zero attached hydrogens (tertiary/aromatic N) is 2. The van der Waals surface area contributed by atoms with Gasteiger partial charge in [-0.25, -0.2) is 13.4 Å². The molecule has 2 aromatic carbocycles. The molecule has 0 saturated carbocycles. The molecular formula is C22H23N3O4S2. The van der Waals surface area contributed by atoms with Gasteiger partial charge in [-0.3, -0.25) is 9.52 Å². The summed E-state index contributed by atoms with van der Waals surface area (Å²) < 4.78 is 33.4. The fourth-order valence-corrected chi connectivity index (χ4v) is 5.36. The van der Waals surface area contributed by atoms with Crippen LogP contribution in [-0.2, 0) is 21.4 Å². The Hall–Kier alpha value is -2.75. The number of hydrogen-bond donors (Lipinski definition) is 1. The summed E-state index contributed by atoms with van der Waals surface area (Å²) >= 11 is 1.09. The molecule has 31 heavy (non-hydrogen) atoms. The number of carbonyl (C=O) groups is 1. The number of nitrogens with one attached hydrogen (secondary N) is 1. The number of hydrogen-bond acceptors (Lipinski definition) is 6. The van der Waals surface area contributed by atoms with Gasteiger partial charge in [0, 0.05) is 18.5 Å². The molecular weight excluding hydrogens is 434 g/mol. The summed E-state index contributed by atoms with van der Waals surface area (Å²) in [6.45, 7) is 1.64. The van der Waals surface area contributed by atoms with Gasteiger partial charge in [0.15, 0.2) is 5.13 Å². The number of carbonyl (C=O) groups excluding carboxylic acids is 1. The fraction of sp³-hybridized carbons (Fsp3) is 0.273. The molecule has 4 rings (SSSR count). The number of likely N-dealkylation sites (tertiary alicyclic amines) is 1. The zero-order valence-electron chi connectivity index (χ0n) is 16.8. The van der Waals surface area contributed by atoms with Crippen LogP contribution in [0, 0.1) is 0 Å². The van der Waals surface area contributed by atoms with Gasteiger partial charge in [0.1, 0.15) is 5.69 Å². The molecule has 1 atom stereocenters. The van der Waals surface area contributed by atoms with E-state index in [1.165, 1.54) is 12.1 Å². The van der Waals surface area contributed by atoms with E-state index in [0.29, 0.717) is 19.7 Å². The average Bonchev–Trinajstić information content (AvgIpc) is 3.26. The third kappa shape index (κ3) is 5.49. The van der Waals surface area contributed by atoms with E-state index < -0.39 is 10.0 Å². The molecule has 1 aliphatic heterocycles. The number of amides is 1. The smallest absolute Gasteiger partial charge is 0.273 e.